The third-order valence-electron chi connectivity index (χ3n) is 1.47. The molecule has 0 saturated carbocycles. The minimum absolute atomic E-state index is 0.510. The molecule has 0 aromatic heterocycles. The number of hydrogen-bond acceptors (Lipinski definition) is 1. The average Bonchev–Trinajstić information content (AvgIpc) is 1.96. The Morgan fingerprint density at radius 1 is 1.55 bits per heavy atom. The van der Waals surface area contributed by atoms with E-state index in [4.69, 9.17) is 17.3 Å². The van der Waals surface area contributed by atoms with Crippen LogP contribution in [0.4, 0.5) is 0 Å². The Morgan fingerprint density at radius 2 is 2.18 bits per heavy atom. The maximum absolute atomic E-state index is 5.98. The third-order valence-corrected chi connectivity index (χ3v) is 3.08. The zero-order chi connectivity index (χ0) is 8.43. The van der Waals surface area contributed by atoms with Crippen molar-refractivity contribution < 1.29 is 0 Å². The number of halogens is 2. The van der Waals surface area contributed by atoms with Crippen molar-refractivity contribution in [1.82, 2.24) is 0 Å². The minimum atomic E-state index is 0.510. The lowest BCUT2D eigenvalue weighted by atomic mass is 10.1. The molecule has 1 aromatic rings. The molecule has 11 heavy (non-hydrogen) atoms. The van der Waals surface area contributed by atoms with Crippen molar-refractivity contribution in [3.05, 3.63) is 31.9 Å². The summed E-state index contributed by atoms with van der Waals surface area (Å²) in [5, 5.41) is 0.790. The number of aryl methyl sites for hydroxylation is 1. The second-order valence-electron chi connectivity index (χ2n) is 2.42. The van der Waals surface area contributed by atoms with Crippen molar-refractivity contribution >= 4 is 34.2 Å². The molecule has 0 amide bonds. The summed E-state index contributed by atoms with van der Waals surface area (Å²) >= 11 is 8.19. The average molecular weight is 282 g/mol. The summed E-state index contributed by atoms with van der Waals surface area (Å²) in [4.78, 5) is 0. The largest absolute Gasteiger partial charge is 0.326 e. The Labute approximate surface area is 85.1 Å². The van der Waals surface area contributed by atoms with E-state index >= 15 is 0 Å². The highest BCUT2D eigenvalue weighted by atomic mass is 127. The predicted octanol–water partition coefficient (Wildman–Crippen LogP) is 2.71. The molecular weight excluding hydrogens is 272 g/mol. The molecule has 0 unspecified atom stereocenters. The first-order valence-electron chi connectivity index (χ1n) is 3.29. The van der Waals surface area contributed by atoms with E-state index in [1.807, 2.05) is 19.1 Å². The molecular formula is C8H9ClIN. The van der Waals surface area contributed by atoms with Gasteiger partial charge in [0.05, 0.1) is 5.02 Å². The van der Waals surface area contributed by atoms with Gasteiger partial charge in [-0.25, -0.2) is 0 Å². The van der Waals surface area contributed by atoms with Crippen LogP contribution < -0.4 is 5.73 Å². The van der Waals surface area contributed by atoms with E-state index in [2.05, 4.69) is 22.6 Å². The molecule has 0 saturated heterocycles. The molecule has 1 rings (SSSR count). The highest BCUT2D eigenvalue weighted by Crippen LogP contribution is 2.23. The van der Waals surface area contributed by atoms with Crippen LogP contribution in [0.25, 0.3) is 0 Å². The van der Waals surface area contributed by atoms with Crippen LogP contribution in [-0.2, 0) is 6.54 Å². The first-order valence-corrected chi connectivity index (χ1v) is 4.75. The molecule has 0 aliphatic carbocycles. The standard InChI is InChI=1S/C8H9ClIN/c1-5-2-6(4-11)8(9)7(10)3-5/h2-3H,4,11H2,1H3. The maximum Gasteiger partial charge on any atom is 0.0584 e. The van der Waals surface area contributed by atoms with Crippen molar-refractivity contribution in [2.24, 2.45) is 5.73 Å². The molecule has 0 atom stereocenters. The maximum atomic E-state index is 5.98. The molecule has 2 N–H and O–H groups in total. The zero-order valence-corrected chi connectivity index (χ0v) is 9.11. The van der Waals surface area contributed by atoms with Gasteiger partial charge >= 0.3 is 0 Å². The lowest BCUT2D eigenvalue weighted by molar-refractivity contribution is 1.06. The van der Waals surface area contributed by atoms with Gasteiger partial charge in [-0.3, -0.25) is 0 Å². The first-order chi connectivity index (χ1) is 5.15. The van der Waals surface area contributed by atoms with Gasteiger partial charge in [0.1, 0.15) is 0 Å². The predicted molar refractivity (Wildman–Crippen MR) is 56.8 cm³/mol. The topological polar surface area (TPSA) is 26.0 Å². The van der Waals surface area contributed by atoms with Gasteiger partial charge in [-0.2, -0.15) is 0 Å². The van der Waals surface area contributed by atoms with Crippen molar-refractivity contribution in [1.29, 1.82) is 0 Å². The molecule has 3 heteroatoms. The van der Waals surface area contributed by atoms with Crippen LogP contribution in [-0.4, -0.2) is 0 Å². The summed E-state index contributed by atoms with van der Waals surface area (Å²) in [5.41, 5.74) is 7.73. The lowest BCUT2D eigenvalue weighted by Gasteiger charge is -2.04. The summed E-state index contributed by atoms with van der Waals surface area (Å²) in [6, 6.07) is 4.06. The molecule has 0 radical (unpaired) electrons. The first kappa shape index (κ1) is 9.29. The molecule has 0 bridgehead atoms. The van der Waals surface area contributed by atoms with Gasteiger partial charge in [-0.15, -0.1) is 0 Å². The summed E-state index contributed by atoms with van der Waals surface area (Å²) < 4.78 is 1.07. The molecule has 0 heterocycles. The Kier molecular flexibility index (Phi) is 3.16. The van der Waals surface area contributed by atoms with E-state index in [0.717, 1.165) is 14.2 Å². The van der Waals surface area contributed by atoms with E-state index in [-0.39, 0.29) is 0 Å². The molecule has 0 fully saturated rings. The van der Waals surface area contributed by atoms with Gasteiger partial charge in [0.25, 0.3) is 0 Å². The fourth-order valence-electron chi connectivity index (χ4n) is 0.945. The minimum Gasteiger partial charge on any atom is -0.326 e. The highest BCUT2D eigenvalue weighted by molar-refractivity contribution is 14.1. The van der Waals surface area contributed by atoms with Gasteiger partial charge in [0.15, 0.2) is 0 Å². The lowest BCUT2D eigenvalue weighted by Crippen LogP contribution is -1.98. The van der Waals surface area contributed by atoms with E-state index in [1.54, 1.807) is 0 Å². The number of benzene rings is 1. The second kappa shape index (κ2) is 3.74. The number of rotatable bonds is 1. The quantitative estimate of drug-likeness (QED) is 0.787. The van der Waals surface area contributed by atoms with E-state index in [1.165, 1.54) is 5.56 Å². The molecule has 0 spiro atoms. The molecule has 1 aromatic carbocycles. The van der Waals surface area contributed by atoms with E-state index in [9.17, 15) is 0 Å². The molecule has 0 aliphatic rings. The monoisotopic (exact) mass is 281 g/mol. The van der Waals surface area contributed by atoms with Crippen molar-refractivity contribution in [3.8, 4) is 0 Å². The van der Waals surface area contributed by atoms with E-state index < -0.39 is 0 Å². The van der Waals surface area contributed by atoms with Gasteiger partial charge in [0, 0.05) is 10.1 Å². The van der Waals surface area contributed by atoms with Crippen LogP contribution in [0.15, 0.2) is 12.1 Å². The molecule has 0 aliphatic heterocycles. The van der Waals surface area contributed by atoms with Crippen LogP contribution in [0.2, 0.25) is 5.02 Å². The van der Waals surface area contributed by atoms with Crippen LogP contribution in [0.5, 0.6) is 0 Å². The second-order valence-corrected chi connectivity index (χ2v) is 3.96. The van der Waals surface area contributed by atoms with Crippen LogP contribution in [0, 0.1) is 10.5 Å². The van der Waals surface area contributed by atoms with Crippen LogP contribution in [0.1, 0.15) is 11.1 Å². The SMILES string of the molecule is Cc1cc(I)c(Cl)c(CN)c1. The number of hydrogen-bond donors (Lipinski definition) is 1. The van der Waals surface area contributed by atoms with Gasteiger partial charge < -0.3 is 5.73 Å². The number of nitrogens with two attached hydrogens (primary N) is 1. The zero-order valence-electron chi connectivity index (χ0n) is 6.20. The van der Waals surface area contributed by atoms with Gasteiger partial charge in [0.2, 0.25) is 0 Å². The molecule has 1 nitrogen and oxygen atoms in total. The summed E-state index contributed by atoms with van der Waals surface area (Å²) in [6.07, 6.45) is 0. The fraction of sp³-hybridized carbons (Fsp3) is 0.250. The molecule has 60 valence electrons. The van der Waals surface area contributed by atoms with Crippen LogP contribution in [0.3, 0.4) is 0 Å². The smallest absolute Gasteiger partial charge is 0.0584 e. The Morgan fingerprint density at radius 3 is 2.73 bits per heavy atom. The normalized spacial score (nSPS) is 10.2. The Hall–Kier alpha value is 0.200. The summed E-state index contributed by atoms with van der Waals surface area (Å²) in [6.45, 7) is 2.55. The summed E-state index contributed by atoms with van der Waals surface area (Å²) in [7, 11) is 0. The van der Waals surface area contributed by atoms with Gasteiger partial charge in [-0.1, -0.05) is 17.7 Å². The highest BCUT2D eigenvalue weighted by Gasteiger charge is 2.02. The van der Waals surface area contributed by atoms with E-state index in [0.29, 0.717) is 6.54 Å². The van der Waals surface area contributed by atoms with Gasteiger partial charge in [-0.05, 0) is 46.7 Å². The van der Waals surface area contributed by atoms with Crippen LogP contribution >= 0.6 is 34.2 Å². The van der Waals surface area contributed by atoms with Crippen molar-refractivity contribution in [3.63, 3.8) is 0 Å². The summed E-state index contributed by atoms with van der Waals surface area (Å²) in [5.74, 6) is 0. The Balaban J connectivity index is 3.24. The fourth-order valence-corrected chi connectivity index (χ4v) is 1.97. The van der Waals surface area contributed by atoms with Crippen molar-refractivity contribution in [2.75, 3.05) is 0 Å². The third kappa shape index (κ3) is 2.07. The van der Waals surface area contributed by atoms with Crippen molar-refractivity contribution in [2.45, 2.75) is 13.5 Å². The Bertz CT molecular complexity index is 273.